The average Bonchev–Trinajstić information content (AvgIpc) is 3.17. The molecule has 0 spiro atoms. The third kappa shape index (κ3) is 4.85. The van der Waals surface area contributed by atoms with E-state index in [1.54, 1.807) is 37.3 Å². The first-order valence-corrected chi connectivity index (χ1v) is 13.5. The minimum Gasteiger partial charge on any atom is -0.312 e. The molecule has 0 aliphatic carbocycles. The summed E-state index contributed by atoms with van der Waals surface area (Å²) in [4.78, 5) is 18.1. The van der Waals surface area contributed by atoms with Gasteiger partial charge in [-0.1, -0.05) is 41.7 Å². The molecule has 1 aromatic heterocycles. The summed E-state index contributed by atoms with van der Waals surface area (Å²) in [7, 11) is -3.77. The number of anilines is 1. The molecule has 0 saturated carbocycles. The molecule has 0 N–H and O–H groups in total. The van der Waals surface area contributed by atoms with Crippen molar-refractivity contribution in [2.75, 3.05) is 10.8 Å². The summed E-state index contributed by atoms with van der Waals surface area (Å²) in [5.74, 6) is -0.428. The first kappa shape index (κ1) is 24.6. The summed E-state index contributed by atoms with van der Waals surface area (Å²) in [6.07, 6.45) is 1.78. The van der Waals surface area contributed by atoms with Gasteiger partial charge < -0.3 is 4.57 Å². The number of aryl methyl sites for hydroxylation is 2. The van der Waals surface area contributed by atoms with Crippen LogP contribution in [0.3, 0.4) is 0 Å². The predicted molar refractivity (Wildman–Crippen MR) is 142 cm³/mol. The second kappa shape index (κ2) is 10.0. The van der Waals surface area contributed by atoms with Crippen molar-refractivity contribution in [1.82, 2.24) is 4.57 Å². The minimum absolute atomic E-state index is 0.120. The molecule has 0 fully saturated rings. The fourth-order valence-corrected chi connectivity index (χ4v) is 6.80. The quantitative estimate of drug-likeness (QED) is 0.313. The van der Waals surface area contributed by atoms with Crippen molar-refractivity contribution >= 4 is 43.2 Å². The Hall–Kier alpha value is -3.49. The van der Waals surface area contributed by atoms with E-state index in [4.69, 9.17) is 0 Å². The summed E-state index contributed by atoms with van der Waals surface area (Å²) >= 11 is 1.45. The van der Waals surface area contributed by atoms with E-state index in [0.717, 1.165) is 21.3 Å². The van der Waals surface area contributed by atoms with Crippen LogP contribution in [0.25, 0.3) is 10.2 Å². The van der Waals surface area contributed by atoms with Crippen LogP contribution in [0.1, 0.15) is 28.4 Å². The molecule has 1 heterocycles. The van der Waals surface area contributed by atoms with Gasteiger partial charge in [0.2, 0.25) is 0 Å². The van der Waals surface area contributed by atoms with Crippen molar-refractivity contribution in [2.24, 2.45) is 4.99 Å². The van der Waals surface area contributed by atoms with Crippen LogP contribution in [0.4, 0.5) is 5.69 Å². The average molecular weight is 506 g/mol. The molecular formula is C27H27N3O3S2. The molecule has 35 heavy (non-hydrogen) atoms. The molecule has 8 heteroatoms. The van der Waals surface area contributed by atoms with E-state index in [9.17, 15) is 13.2 Å². The van der Waals surface area contributed by atoms with Gasteiger partial charge in [0, 0.05) is 18.7 Å². The first-order chi connectivity index (χ1) is 16.8. The molecule has 0 radical (unpaired) electrons. The number of hydrogen-bond acceptors (Lipinski definition) is 4. The first-order valence-electron chi connectivity index (χ1n) is 11.2. The van der Waals surface area contributed by atoms with Gasteiger partial charge in [-0.05, 0) is 74.4 Å². The van der Waals surface area contributed by atoms with Crippen LogP contribution >= 0.6 is 11.3 Å². The van der Waals surface area contributed by atoms with Gasteiger partial charge in [0.15, 0.2) is 4.80 Å². The fourth-order valence-electron chi connectivity index (χ4n) is 4.11. The van der Waals surface area contributed by atoms with Gasteiger partial charge in [0.25, 0.3) is 15.9 Å². The number of aromatic nitrogens is 1. The van der Waals surface area contributed by atoms with Gasteiger partial charge in [-0.2, -0.15) is 4.99 Å². The number of allylic oxidation sites excluding steroid dienone is 1. The zero-order chi connectivity index (χ0) is 25.2. The molecule has 0 aliphatic heterocycles. The Labute approximate surface area is 209 Å². The molecule has 0 saturated heterocycles. The summed E-state index contributed by atoms with van der Waals surface area (Å²) in [6.45, 7) is 10.5. The number of amides is 1. The van der Waals surface area contributed by atoms with Crippen molar-refractivity contribution in [3.63, 3.8) is 0 Å². The number of carbonyl (C=O) groups is 1. The molecule has 4 aromatic rings. The lowest BCUT2D eigenvalue weighted by atomic mass is 10.1. The van der Waals surface area contributed by atoms with E-state index >= 15 is 0 Å². The predicted octanol–water partition coefficient (Wildman–Crippen LogP) is 5.46. The monoisotopic (exact) mass is 505 g/mol. The summed E-state index contributed by atoms with van der Waals surface area (Å²) < 4.78 is 30.8. The number of para-hydroxylation sites is 1. The highest BCUT2D eigenvalue weighted by Gasteiger charge is 2.23. The van der Waals surface area contributed by atoms with Crippen molar-refractivity contribution in [3.8, 4) is 0 Å². The van der Waals surface area contributed by atoms with Crippen LogP contribution in [0.15, 0.2) is 89.3 Å². The van der Waals surface area contributed by atoms with E-state index in [1.165, 1.54) is 39.9 Å². The Morgan fingerprint density at radius 2 is 1.77 bits per heavy atom. The normalized spacial score (nSPS) is 12.1. The van der Waals surface area contributed by atoms with Gasteiger partial charge >= 0.3 is 0 Å². The number of fused-ring (bicyclic) bond motifs is 1. The molecular weight excluding hydrogens is 478 g/mol. The number of nitrogens with zero attached hydrogens (tertiary/aromatic N) is 3. The number of hydrogen-bond donors (Lipinski definition) is 0. The number of thiazole rings is 1. The van der Waals surface area contributed by atoms with Gasteiger partial charge in [-0.15, -0.1) is 6.58 Å². The lowest BCUT2D eigenvalue weighted by molar-refractivity contribution is 0.0997. The van der Waals surface area contributed by atoms with Crippen molar-refractivity contribution < 1.29 is 13.2 Å². The Kier molecular flexibility index (Phi) is 7.05. The lowest BCUT2D eigenvalue weighted by Crippen LogP contribution is -2.30. The minimum atomic E-state index is -3.77. The topological polar surface area (TPSA) is 71.7 Å². The molecule has 1 amide bonds. The van der Waals surface area contributed by atoms with E-state index in [-0.39, 0.29) is 11.4 Å². The highest BCUT2D eigenvalue weighted by Crippen LogP contribution is 2.25. The Balaban J connectivity index is 1.70. The van der Waals surface area contributed by atoms with Gasteiger partial charge in [-0.3, -0.25) is 9.10 Å². The molecule has 0 unspecified atom stereocenters. The Bertz CT molecular complexity index is 1570. The van der Waals surface area contributed by atoms with Crippen LogP contribution in [0.5, 0.6) is 0 Å². The highest BCUT2D eigenvalue weighted by atomic mass is 32.2. The maximum Gasteiger partial charge on any atom is 0.279 e. The molecule has 180 valence electrons. The fraction of sp³-hybridized carbons (Fsp3) is 0.185. The molecule has 4 rings (SSSR count). The third-order valence-electron chi connectivity index (χ3n) is 5.64. The van der Waals surface area contributed by atoms with E-state index in [1.807, 2.05) is 24.5 Å². The Morgan fingerprint density at radius 1 is 1.09 bits per heavy atom. The van der Waals surface area contributed by atoms with Gasteiger partial charge in [-0.25, -0.2) is 8.42 Å². The third-order valence-corrected chi connectivity index (χ3v) is 8.58. The molecule has 6 nitrogen and oxygen atoms in total. The van der Waals surface area contributed by atoms with E-state index in [0.29, 0.717) is 22.6 Å². The maximum absolute atomic E-state index is 13.2. The maximum atomic E-state index is 13.2. The van der Waals surface area contributed by atoms with Crippen LogP contribution in [0.2, 0.25) is 0 Å². The molecule has 0 atom stereocenters. The Morgan fingerprint density at radius 3 is 2.40 bits per heavy atom. The molecule has 3 aromatic carbocycles. The second-order valence-electron chi connectivity index (χ2n) is 8.16. The molecule has 0 bridgehead atoms. The van der Waals surface area contributed by atoms with Crippen molar-refractivity contribution in [3.05, 3.63) is 101 Å². The standard InChI is InChI=1S/C27H27N3O3S2/c1-5-16-29-25-20(4)17-19(3)18-24(25)34-27(29)28-26(31)21-12-14-23(15-13-21)35(32,33)30(6-2)22-10-8-7-9-11-22/h5,7-15,17-18H,1,6,16H2,2-4H3. The van der Waals surface area contributed by atoms with Crippen molar-refractivity contribution in [1.29, 1.82) is 0 Å². The lowest BCUT2D eigenvalue weighted by Gasteiger charge is -2.22. The number of carbonyl (C=O) groups excluding carboxylic acids is 1. The van der Waals surface area contributed by atoms with Crippen LogP contribution in [-0.4, -0.2) is 25.4 Å². The summed E-state index contributed by atoms with van der Waals surface area (Å²) in [5.41, 5.74) is 4.21. The van der Waals surface area contributed by atoms with Crippen LogP contribution < -0.4 is 9.11 Å². The number of benzene rings is 3. The molecule has 0 aliphatic rings. The smallest absolute Gasteiger partial charge is 0.279 e. The SMILES string of the molecule is C=CCn1c(=NC(=O)c2ccc(S(=O)(=O)N(CC)c3ccccc3)cc2)sc2cc(C)cc(C)c21. The zero-order valence-corrected chi connectivity index (χ0v) is 21.6. The van der Waals surface area contributed by atoms with E-state index < -0.39 is 15.9 Å². The summed E-state index contributed by atoms with van der Waals surface area (Å²) in [5, 5.41) is 0. The summed E-state index contributed by atoms with van der Waals surface area (Å²) in [6, 6.07) is 19.1. The largest absolute Gasteiger partial charge is 0.312 e. The van der Waals surface area contributed by atoms with Gasteiger partial charge in [0.1, 0.15) is 0 Å². The number of rotatable bonds is 7. The van der Waals surface area contributed by atoms with Crippen LogP contribution in [-0.2, 0) is 16.6 Å². The van der Waals surface area contributed by atoms with Crippen LogP contribution in [0, 0.1) is 13.8 Å². The van der Waals surface area contributed by atoms with E-state index in [2.05, 4.69) is 23.7 Å². The van der Waals surface area contributed by atoms with Crippen molar-refractivity contribution in [2.45, 2.75) is 32.2 Å². The van der Waals surface area contributed by atoms with Gasteiger partial charge in [0.05, 0.1) is 20.8 Å². The highest BCUT2D eigenvalue weighted by molar-refractivity contribution is 7.92. The number of sulfonamides is 1. The zero-order valence-electron chi connectivity index (χ0n) is 19.9. The second-order valence-corrected chi connectivity index (χ2v) is 11.0.